The van der Waals surface area contributed by atoms with Gasteiger partial charge in [-0.2, -0.15) is 4.98 Å². The van der Waals surface area contributed by atoms with Crippen LogP contribution in [0.25, 0.3) is 0 Å². The van der Waals surface area contributed by atoms with Crippen molar-refractivity contribution in [3.05, 3.63) is 79.2 Å². The Morgan fingerprint density at radius 2 is 2.04 bits per heavy atom. The van der Waals surface area contributed by atoms with Crippen molar-refractivity contribution in [1.82, 2.24) is 19.3 Å². The standard InChI is InChI=1S/C18H17ClN4O5/c19-11-3-1-10(2-4-11)14(25)8-15-20-16(28-21-15)9-23-17(26)7-12-13(24)5-6-22(12)18(23)27/h1-4,7,13-14,24-25H,5-6,8-9H2/t13-,14+/m1/s1. The van der Waals surface area contributed by atoms with Crippen molar-refractivity contribution in [2.45, 2.75) is 38.1 Å². The first-order valence-electron chi connectivity index (χ1n) is 8.70. The van der Waals surface area contributed by atoms with Gasteiger partial charge in [-0.1, -0.05) is 28.9 Å². The van der Waals surface area contributed by atoms with Crippen LogP contribution in [0.1, 0.15) is 41.6 Å². The number of aromatic nitrogens is 4. The van der Waals surface area contributed by atoms with Crippen molar-refractivity contribution in [1.29, 1.82) is 0 Å². The largest absolute Gasteiger partial charge is 0.388 e. The van der Waals surface area contributed by atoms with E-state index < -0.39 is 23.5 Å². The van der Waals surface area contributed by atoms with Crippen molar-refractivity contribution in [2.75, 3.05) is 0 Å². The van der Waals surface area contributed by atoms with E-state index in [0.717, 1.165) is 4.57 Å². The minimum atomic E-state index is -0.849. The number of fused-ring (bicyclic) bond motifs is 1. The van der Waals surface area contributed by atoms with Gasteiger partial charge in [-0.25, -0.2) is 4.79 Å². The predicted molar refractivity (Wildman–Crippen MR) is 98.1 cm³/mol. The van der Waals surface area contributed by atoms with Gasteiger partial charge in [-0.05, 0) is 24.1 Å². The predicted octanol–water partition coefficient (Wildman–Crippen LogP) is 0.808. The average molecular weight is 405 g/mol. The molecule has 2 atom stereocenters. The van der Waals surface area contributed by atoms with Crippen LogP contribution in [-0.2, 0) is 19.5 Å². The molecule has 0 spiro atoms. The number of rotatable bonds is 5. The first-order valence-corrected chi connectivity index (χ1v) is 9.08. The van der Waals surface area contributed by atoms with E-state index in [1.165, 1.54) is 10.6 Å². The molecule has 9 nitrogen and oxygen atoms in total. The Kier molecular flexibility index (Phi) is 4.88. The third-order valence-corrected chi connectivity index (χ3v) is 4.96. The zero-order chi connectivity index (χ0) is 19.8. The van der Waals surface area contributed by atoms with E-state index in [2.05, 4.69) is 10.1 Å². The Labute approximate surface area is 163 Å². The van der Waals surface area contributed by atoms with E-state index >= 15 is 0 Å². The van der Waals surface area contributed by atoms with Crippen molar-refractivity contribution < 1.29 is 14.7 Å². The number of hydrogen-bond acceptors (Lipinski definition) is 7. The fourth-order valence-corrected chi connectivity index (χ4v) is 3.35. The molecule has 0 aliphatic carbocycles. The Bertz CT molecular complexity index is 1120. The van der Waals surface area contributed by atoms with Gasteiger partial charge in [0.1, 0.15) is 6.54 Å². The van der Waals surface area contributed by atoms with E-state index in [9.17, 15) is 19.8 Å². The molecular weight excluding hydrogens is 388 g/mol. The number of halogens is 1. The van der Waals surface area contributed by atoms with Gasteiger partial charge < -0.3 is 14.7 Å². The summed E-state index contributed by atoms with van der Waals surface area (Å²) in [6.45, 7) is 0.163. The van der Waals surface area contributed by atoms with Crippen LogP contribution in [0, 0.1) is 0 Å². The van der Waals surface area contributed by atoms with Gasteiger partial charge in [0.15, 0.2) is 5.82 Å². The molecule has 4 rings (SSSR count). The molecule has 28 heavy (non-hydrogen) atoms. The average Bonchev–Trinajstić information content (AvgIpc) is 3.26. The van der Waals surface area contributed by atoms with Crippen LogP contribution in [0.5, 0.6) is 0 Å². The molecule has 1 aromatic carbocycles. The van der Waals surface area contributed by atoms with Crippen LogP contribution in [-0.4, -0.2) is 29.5 Å². The summed E-state index contributed by atoms with van der Waals surface area (Å²) in [5, 5.41) is 24.5. The summed E-state index contributed by atoms with van der Waals surface area (Å²) >= 11 is 5.84. The summed E-state index contributed by atoms with van der Waals surface area (Å²) in [7, 11) is 0. The lowest BCUT2D eigenvalue weighted by atomic mass is 10.1. The Hall–Kier alpha value is -2.75. The third kappa shape index (κ3) is 3.51. The Morgan fingerprint density at radius 1 is 1.29 bits per heavy atom. The fraction of sp³-hybridized carbons (Fsp3) is 0.333. The quantitative estimate of drug-likeness (QED) is 0.644. The van der Waals surface area contributed by atoms with Crippen LogP contribution in [0.3, 0.4) is 0 Å². The molecule has 3 aromatic rings. The van der Waals surface area contributed by atoms with E-state index in [0.29, 0.717) is 29.2 Å². The zero-order valence-corrected chi connectivity index (χ0v) is 15.4. The SMILES string of the molecule is O=c1cc2n(c(=O)n1Cc1nc(C[C@H](O)c3ccc(Cl)cc3)no1)CC[C@H]2O. The fourth-order valence-electron chi connectivity index (χ4n) is 3.23. The number of nitrogens with zero attached hydrogens (tertiary/aromatic N) is 4. The lowest BCUT2D eigenvalue weighted by molar-refractivity contribution is 0.174. The van der Waals surface area contributed by atoms with Crippen molar-refractivity contribution in [3.8, 4) is 0 Å². The molecule has 146 valence electrons. The van der Waals surface area contributed by atoms with E-state index in [1.54, 1.807) is 24.3 Å². The van der Waals surface area contributed by atoms with Crippen LogP contribution in [0.4, 0.5) is 0 Å². The highest BCUT2D eigenvalue weighted by Crippen LogP contribution is 2.22. The van der Waals surface area contributed by atoms with E-state index in [4.69, 9.17) is 16.1 Å². The van der Waals surface area contributed by atoms with Crippen LogP contribution < -0.4 is 11.2 Å². The minimum absolute atomic E-state index is 0.0802. The topological polar surface area (TPSA) is 123 Å². The molecule has 2 N–H and O–H groups in total. The maximum Gasteiger partial charge on any atom is 0.331 e. The molecule has 1 aliphatic heterocycles. The lowest BCUT2D eigenvalue weighted by Gasteiger charge is -2.08. The number of aliphatic hydroxyl groups excluding tert-OH is 2. The van der Waals surface area contributed by atoms with E-state index in [1.807, 2.05) is 0 Å². The highest BCUT2D eigenvalue weighted by Gasteiger charge is 2.24. The summed E-state index contributed by atoms with van der Waals surface area (Å²) in [4.78, 5) is 28.9. The molecule has 2 aromatic heterocycles. The Balaban J connectivity index is 1.52. The van der Waals surface area contributed by atoms with Gasteiger partial charge in [0.25, 0.3) is 5.56 Å². The first-order chi connectivity index (χ1) is 13.4. The normalized spacial score (nSPS) is 16.9. The second-order valence-electron chi connectivity index (χ2n) is 6.61. The number of benzene rings is 1. The molecule has 0 amide bonds. The number of aliphatic hydroxyl groups is 2. The van der Waals surface area contributed by atoms with Crippen molar-refractivity contribution in [3.63, 3.8) is 0 Å². The maximum atomic E-state index is 12.5. The summed E-state index contributed by atoms with van der Waals surface area (Å²) in [5.74, 6) is 0.332. The molecule has 0 unspecified atom stereocenters. The van der Waals surface area contributed by atoms with Crippen LogP contribution >= 0.6 is 11.6 Å². The van der Waals surface area contributed by atoms with Gasteiger partial charge in [0.2, 0.25) is 5.89 Å². The van der Waals surface area contributed by atoms with Gasteiger partial charge >= 0.3 is 5.69 Å². The van der Waals surface area contributed by atoms with E-state index in [-0.39, 0.29) is 24.7 Å². The summed E-state index contributed by atoms with van der Waals surface area (Å²) in [6.07, 6.45) is -1.15. The molecule has 1 aliphatic rings. The smallest absolute Gasteiger partial charge is 0.331 e. The maximum absolute atomic E-state index is 12.5. The van der Waals surface area contributed by atoms with Gasteiger partial charge in [0, 0.05) is 24.1 Å². The molecule has 0 radical (unpaired) electrons. The second kappa shape index (κ2) is 7.34. The van der Waals surface area contributed by atoms with Crippen LogP contribution in [0.15, 0.2) is 44.4 Å². The van der Waals surface area contributed by atoms with Crippen molar-refractivity contribution >= 4 is 11.6 Å². The summed E-state index contributed by atoms with van der Waals surface area (Å²) in [5.41, 5.74) is -0.0934. The van der Waals surface area contributed by atoms with Gasteiger partial charge in [0.05, 0.1) is 17.9 Å². The number of hydrogen-bond donors (Lipinski definition) is 2. The monoisotopic (exact) mass is 404 g/mol. The molecule has 3 heterocycles. The van der Waals surface area contributed by atoms with Crippen LogP contribution in [0.2, 0.25) is 5.02 Å². The highest BCUT2D eigenvalue weighted by atomic mass is 35.5. The summed E-state index contributed by atoms with van der Waals surface area (Å²) in [6, 6.07) is 8.00. The summed E-state index contributed by atoms with van der Waals surface area (Å²) < 4.78 is 7.47. The first kappa shape index (κ1) is 18.6. The van der Waals surface area contributed by atoms with Gasteiger partial charge in [-0.15, -0.1) is 0 Å². The van der Waals surface area contributed by atoms with Gasteiger partial charge in [-0.3, -0.25) is 13.9 Å². The molecule has 0 saturated heterocycles. The molecular formula is C18H17ClN4O5. The molecule has 0 saturated carbocycles. The van der Waals surface area contributed by atoms with Crippen molar-refractivity contribution in [2.24, 2.45) is 0 Å². The zero-order valence-electron chi connectivity index (χ0n) is 14.7. The minimum Gasteiger partial charge on any atom is -0.388 e. The lowest BCUT2D eigenvalue weighted by Crippen LogP contribution is -2.40. The third-order valence-electron chi connectivity index (χ3n) is 4.71. The molecule has 0 fully saturated rings. The second-order valence-corrected chi connectivity index (χ2v) is 7.04. The Morgan fingerprint density at radius 3 is 2.79 bits per heavy atom. The highest BCUT2D eigenvalue weighted by molar-refractivity contribution is 6.30. The molecule has 0 bridgehead atoms. The molecule has 10 heteroatoms.